The minimum absolute atomic E-state index is 0.134. The van der Waals surface area contributed by atoms with Gasteiger partial charge in [0, 0.05) is 17.5 Å². The molecule has 2 heterocycles. The molecule has 2 aromatic carbocycles. The van der Waals surface area contributed by atoms with Crippen LogP contribution in [0.1, 0.15) is 31.3 Å². The van der Waals surface area contributed by atoms with Crippen LogP contribution in [0, 0.1) is 6.92 Å². The standard InChI is InChI=1S/C24H25N5O2S2/c1-4-29-22(17(3)31-19-12-8-9-16(2)13-19)27-28-24(29)33-15-21(30)26-23-25-20(14-32-23)18-10-6-5-7-11-18/h5-14,17H,4,15H2,1-3H3,(H,25,26,30). The van der Waals surface area contributed by atoms with Crippen LogP contribution in [0.4, 0.5) is 5.13 Å². The van der Waals surface area contributed by atoms with E-state index in [0.29, 0.717) is 16.8 Å². The highest BCUT2D eigenvalue weighted by Crippen LogP contribution is 2.27. The highest BCUT2D eigenvalue weighted by molar-refractivity contribution is 7.99. The number of anilines is 1. The Morgan fingerprint density at radius 1 is 1.18 bits per heavy atom. The Kier molecular flexibility index (Phi) is 7.41. The molecule has 4 rings (SSSR count). The van der Waals surface area contributed by atoms with E-state index in [-0.39, 0.29) is 17.8 Å². The molecule has 0 aliphatic carbocycles. The predicted molar refractivity (Wildman–Crippen MR) is 133 cm³/mol. The van der Waals surface area contributed by atoms with Gasteiger partial charge in [-0.05, 0) is 38.5 Å². The van der Waals surface area contributed by atoms with Crippen molar-refractivity contribution in [3.63, 3.8) is 0 Å². The van der Waals surface area contributed by atoms with Crippen molar-refractivity contribution in [3.8, 4) is 17.0 Å². The van der Waals surface area contributed by atoms with Gasteiger partial charge in [-0.15, -0.1) is 21.5 Å². The van der Waals surface area contributed by atoms with Gasteiger partial charge in [0.1, 0.15) is 5.75 Å². The first-order chi connectivity index (χ1) is 16.0. The lowest BCUT2D eigenvalue weighted by Crippen LogP contribution is -2.15. The molecule has 0 aliphatic rings. The molecule has 0 fully saturated rings. The Morgan fingerprint density at radius 3 is 2.76 bits per heavy atom. The van der Waals surface area contributed by atoms with Crippen LogP contribution in [-0.4, -0.2) is 31.4 Å². The molecule has 1 amide bonds. The average Bonchev–Trinajstić information content (AvgIpc) is 3.45. The average molecular weight is 480 g/mol. The van der Waals surface area contributed by atoms with Gasteiger partial charge >= 0.3 is 0 Å². The van der Waals surface area contributed by atoms with Gasteiger partial charge in [0.2, 0.25) is 5.91 Å². The summed E-state index contributed by atoms with van der Waals surface area (Å²) in [6.07, 6.45) is -0.269. The number of benzene rings is 2. The fraction of sp³-hybridized carbons (Fsp3) is 0.250. The number of nitrogens with zero attached hydrogens (tertiary/aromatic N) is 4. The van der Waals surface area contributed by atoms with Crippen LogP contribution < -0.4 is 10.1 Å². The van der Waals surface area contributed by atoms with E-state index in [9.17, 15) is 4.79 Å². The largest absolute Gasteiger partial charge is 0.483 e. The summed E-state index contributed by atoms with van der Waals surface area (Å²) >= 11 is 2.76. The summed E-state index contributed by atoms with van der Waals surface area (Å²) in [5, 5.41) is 14.7. The lowest BCUT2D eigenvalue weighted by Gasteiger charge is -2.15. The van der Waals surface area contributed by atoms with E-state index >= 15 is 0 Å². The fourth-order valence-corrected chi connectivity index (χ4v) is 4.85. The van der Waals surface area contributed by atoms with Gasteiger partial charge in [-0.25, -0.2) is 4.98 Å². The number of thioether (sulfide) groups is 1. The molecule has 1 N–H and O–H groups in total. The van der Waals surface area contributed by atoms with Gasteiger partial charge in [0.15, 0.2) is 22.2 Å². The van der Waals surface area contributed by atoms with Crippen LogP contribution >= 0.6 is 23.1 Å². The number of thiazole rings is 1. The zero-order chi connectivity index (χ0) is 23.2. The Labute approximate surface area is 201 Å². The monoisotopic (exact) mass is 479 g/mol. The summed E-state index contributed by atoms with van der Waals surface area (Å²) in [5.74, 6) is 1.60. The van der Waals surface area contributed by atoms with E-state index in [4.69, 9.17) is 4.74 Å². The maximum atomic E-state index is 12.5. The molecule has 1 atom stereocenters. The number of rotatable bonds is 9. The van der Waals surface area contributed by atoms with E-state index < -0.39 is 0 Å². The molecule has 170 valence electrons. The van der Waals surface area contributed by atoms with E-state index in [1.807, 2.05) is 85.3 Å². The van der Waals surface area contributed by atoms with Crippen LogP contribution in [0.15, 0.2) is 65.1 Å². The lowest BCUT2D eigenvalue weighted by molar-refractivity contribution is -0.113. The van der Waals surface area contributed by atoms with Gasteiger partial charge in [-0.1, -0.05) is 54.2 Å². The molecular formula is C24H25N5O2S2. The zero-order valence-corrected chi connectivity index (χ0v) is 20.3. The number of carbonyl (C=O) groups is 1. The highest BCUT2D eigenvalue weighted by Gasteiger charge is 2.20. The molecular weight excluding hydrogens is 454 g/mol. The van der Waals surface area contributed by atoms with E-state index in [1.54, 1.807) is 0 Å². The first-order valence-corrected chi connectivity index (χ1v) is 12.5. The zero-order valence-electron chi connectivity index (χ0n) is 18.7. The first kappa shape index (κ1) is 23.0. The van der Waals surface area contributed by atoms with E-state index in [1.165, 1.54) is 23.1 Å². The minimum Gasteiger partial charge on any atom is -0.483 e. The van der Waals surface area contributed by atoms with Crippen molar-refractivity contribution in [3.05, 3.63) is 71.4 Å². The third-order valence-corrected chi connectivity index (χ3v) is 6.60. The lowest BCUT2D eigenvalue weighted by atomic mass is 10.2. The smallest absolute Gasteiger partial charge is 0.236 e. The molecule has 0 radical (unpaired) electrons. The second-order valence-electron chi connectivity index (χ2n) is 7.40. The van der Waals surface area contributed by atoms with Gasteiger partial charge in [0.05, 0.1) is 11.4 Å². The van der Waals surface area contributed by atoms with Crippen molar-refractivity contribution < 1.29 is 9.53 Å². The number of nitrogens with one attached hydrogen (secondary N) is 1. The summed E-state index contributed by atoms with van der Waals surface area (Å²) in [5.41, 5.74) is 3.01. The van der Waals surface area contributed by atoms with E-state index in [0.717, 1.165) is 28.4 Å². The second kappa shape index (κ2) is 10.6. The maximum Gasteiger partial charge on any atom is 0.236 e. The maximum absolute atomic E-state index is 12.5. The van der Waals surface area contributed by atoms with Crippen LogP contribution in [-0.2, 0) is 11.3 Å². The highest BCUT2D eigenvalue weighted by atomic mass is 32.2. The van der Waals surface area contributed by atoms with Crippen molar-refractivity contribution in [2.24, 2.45) is 0 Å². The third-order valence-electron chi connectivity index (χ3n) is 4.88. The molecule has 0 aliphatic heterocycles. The van der Waals surface area contributed by atoms with Crippen LogP contribution in [0.2, 0.25) is 0 Å². The van der Waals surface area contributed by atoms with Gasteiger partial charge in [0.25, 0.3) is 0 Å². The first-order valence-electron chi connectivity index (χ1n) is 10.6. The molecule has 0 bridgehead atoms. The normalized spacial score (nSPS) is 11.8. The summed E-state index contributed by atoms with van der Waals surface area (Å²) in [6, 6.07) is 17.8. The van der Waals surface area contributed by atoms with Crippen molar-refractivity contribution >= 4 is 34.1 Å². The molecule has 33 heavy (non-hydrogen) atoms. The van der Waals surface area contributed by atoms with Crippen LogP contribution in [0.5, 0.6) is 5.75 Å². The Morgan fingerprint density at radius 2 is 2.00 bits per heavy atom. The van der Waals surface area contributed by atoms with E-state index in [2.05, 4.69) is 20.5 Å². The van der Waals surface area contributed by atoms with Gasteiger partial charge in [-0.3, -0.25) is 4.79 Å². The van der Waals surface area contributed by atoms with Crippen LogP contribution in [0.3, 0.4) is 0 Å². The Hall–Kier alpha value is -3.17. The number of aryl methyl sites for hydroxylation is 1. The summed E-state index contributed by atoms with van der Waals surface area (Å²) < 4.78 is 8.04. The summed E-state index contributed by atoms with van der Waals surface area (Å²) in [6.45, 7) is 6.68. The fourth-order valence-electron chi connectivity index (χ4n) is 3.31. The number of aromatic nitrogens is 4. The molecule has 9 heteroatoms. The number of carbonyl (C=O) groups excluding carboxylic acids is 1. The second-order valence-corrected chi connectivity index (χ2v) is 9.20. The predicted octanol–water partition coefficient (Wildman–Crippen LogP) is 5.60. The summed E-state index contributed by atoms with van der Waals surface area (Å²) in [7, 11) is 0. The Bertz CT molecular complexity index is 1220. The number of hydrogen-bond acceptors (Lipinski definition) is 7. The SMILES string of the molecule is CCn1c(SCC(=O)Nc2nc(-c3ccccc3)cs2)nnc1C(C)Oc1cccc(C)c1. The number of amides is 1. The molecule has 1 unspecified atom stereocenters. The number of hydrogen-bond donors (Lipinski definition) is 1. The molecule has 0 saturated heterocycles. The third kappa shape index (κ3) is 5.80. The molecule has 7 nitrogen and oxygen atoms in total. The van der Waals surface area contributed by atoms with Crippen molar-refractivity contribution in [2.75, 3.05) is 11.1 Å². The van der Waals surface area contributed by atoms with Crippen molar-refractivity contribution in [1.82, 2.24) is 19.7 Å². The van der Waals surface area contributed by atoms with Crippen LogP contribution in [0.25, 0.3) is 11.3 Å². The van der Waals surface area contributed by atoms with Gasteiger partial charge < -0.3 is 14.6 Å². The molecule has 0 spiro atoms. The topological polar surface area (TPSA) is 81.9 Å². The summed E-state index contributed by atoms with van der Waals surface area (Å²) in [4.78, 5) is 17.0. The molecule has 4 aromatic rings. The van der Waals surface area contributed by atoms with Crippen molar-refractivity contribution in [1.29, 1.82) is 0 Å². The molecule has 0 saturated carbocycles. The van der Waals surface area contributed by atoms with Crippen molar-refractivity contribution in [2.45, 2.75) is 38.6 Å². The number of ether oxygens (including phenoxy) is 1. The quantitative estimate of drug-likeness (QED) is 0.315. The van der Waals surface area contributed by atoms with Gasteiger partial charge in [-0.2, -0.15) is 0 Å². The Balaban J connectivity index is 1.36. The minimum atomic E-state index is -0.269. The molecule has 2 aromatic heterocycles.